The van der Waals surface area contributed by atoms with Crippen molar-refractivity contribution in [3.05, 3.63) is 29.8 Å². The van der Waals surface area contributed by atoms with Crippen LogP contribution in [0.4, 0.5) is 5.69 Å². The molecule has 4 heteroatoms. The average molecular weight is 232 g/mol. The first-order valence-electron chi connectivity index (χ1n) is 6.38. The minimum absolute atomic E-state index is 0.360. The first-order chi connectivity index (χ1) is 8.34. The Hall–Kier alpha value is -1.10. The molecule has 2 fully saturated rings. The van der Waals surface area contributed by atoms with Crippen LogP contribution >= 0.6 is 0 Å². The third kappa shape index (κ3) is 2.16. The van der Waals surface area contributed by atoms with Gasteiger partial charge in [0.25, 0.3) is 0 Å². The Morgan fingerprint density at radius 1 is 1.00 bits per heavy atom. The minimum atomic E-state index is 0.360. The molecular weight excluding hydrogens is 212 g/mol. The van der Waals surface area contributed by atoms with Gasteiger partial charge in [0.05, 0.1) is 6.17 Å². The van der Waals surface area contributed by atoms with Crippen molar-refractivity contribution in [2.75, 3.05) is 31.1 Å². The van der Waals surface area contributed by atoms with Crippen LogP contribution in [0.25, 0.3) is 0 Å². The molecule has 3 rings (SSSR count). The summed E-state index contributed by atoms with van der Waals surface area (Å²) in [5.74, 6) is 0. The van der Waals surface area contributed by atoms with Gasteiger partial charge in [0.1, 0.15) is 6.17 Å². The molecule has 1 aromatic carbocycles. The number of nitrogens with one attached hydrogen (secondary N) is 3. The van der Waals surface area contributed by atoms with Gasteiger partial charge in [-0.15, -0.1) is 0 Å². The van der Waals surface area contributed by atoms with Gasteiger partial charge in [0.2, 0.25) is 0 Å². The molecule has 2 heterocycles. The normalized spacial score (nSPS) is 25.7. The van der Waals surface area contributed by atoms with Gasteiger partial charge in [0, 0.05) is 31.9 Å². The molecule has 0 amide bonds. The summed E-state index contributed by atoms with van der Waals surface area (Å²) in [6.07, 6.45) is 0.721. The van der Waals surface area contributed by atoms with E-state index in [1.165, 1.54) is 11.3 Å². The van der Waals surface area contributed by atoms with Gasteiger partial charge in [-0.2, -0.15) is 0 Å². The Morgan fingerprint density at radius 2 is 1.71 bits per heavy atom. The van der Waals surface area contributed by atoms with Crippen LogP contribution in [0.2, 0.25) is 0 Å². The van der Waals surface area contributed by atoms with Gasteiger partial charge in [-0.1, -0.05) is 17.7 Å². The van der Waals surface area contributed by atoms with Gasteiger partial charge in [-0.05, 0) is 19.1 Å². The van der Waals surface area contributed by atoms with Crippen molar-refractivity contribution in [2.45, 2.75) is 19.3 Å². The second-order valence-electron chi connectivity index (χ2n) is 4.81. The van der Waals surface area contributed by atoms with Gasteiger partial charge >= 0.3 is 0 Å². The third-order valence-corrected chi connectivity index (χ3v) is 3.58. The molecule has 17 heavy (non-hydrogen) atoms. The highest BCUT2D eigenvalue weighted by Gasteiger charge is 2.32. The molecule has 2 aliphatic rings. The number of anilines is 1. The molecule has 1 unspecified atom stereocenters. The Labute approximate surface area is 102 Å². The highest BCUT2D eigenvalue weighted by Crippen LogP contribution is 2.20. The number of hydrogen-bond acceptors (Lipinski definition) is 4. The summed E-state index contributed by atoms with van der Waals surface area (Å²) in [6, 6.07) is 8.79. The number of benzene rings is 1. The maximum Gasteiger partial charge on any atom is 0.109 e. The predicted octanol–water partition coefficient (Wildman–Crippen LogP) is 0.250. The standard InChI is InChI=1S/C13H20N4/c1-10-2-4-11(5-3-10)17-9-8-16-13(17)12-14-6-7-15-12/h2-5,12-16H,6-9H2,1H3. The maximum absolute atomic E-state index is 3.56. The van der Waals surface area contributed by atoms with Crippen molar-refractivity contribution in [3.63, 3.8) is 0 Å². The number of aryl methyl sites for hydroxylation is 1. The Morgan fingerprint density at radius 3 is 2.41 bits per heavy atom. The second-order valence-corrected chi connectivity index (χ2v) is 4.81. The smallest absolute Gasteiger partial charge is 0.109 e. The van der Waals surface area contributed by atoms with E-state index < -0.39 is 0 Å². The first kappa shape index (κ1) is 11.0. The molecule has 4 nitrogen and oxygen atoms in total. The molecule has 2 saturated heterocycles. The largest absolute Gasteiger partial charge is 0.352 e. The van der Waals surface area contributed by atoms with E-state index in [9.17, 15) is 0 Å². The molecular formula is C13H20N4. The number of nitrogens with zero attached hydrogens (tertiary/aromatic N) is 1. The monoisotopic (exact) mass is 232 g/mol. The summed E-state index contributed by atoms with van der Waals surface area (Å²) in [5, 5.41) is 10.6. The van der Waals surface area contributed by atoms with Crippen LogP contribution in [0.1, 0.15) is 5.56 Å². The first-order valence-corrected chi connectivity index (χ1v) is 6.38. The lowest BCUT2D eigenvalue weighted by molar-refractivity contribution is 0.418. The Balaban J connectivity index is 1.78. The summed E-state index contributed by atoms with van der Waals surface area (Å²) < 4.78 is 0. The van der Waals surface area contributed by atoms with E-state index in [1.54, 1.807) is 0 Å². The number of rotatable bonds is 2. The zero-order valence-electron chi connectivity index (χ0n) is 10.2. The fourth-order valence-corrected chi connectivity index (χ4v) is 2.66. The van der Waals surface area contributed by atoms with Crippen LogP contribution < -0.4 is 20.9 Å². The summed E-state index contributed by atoms with van der Waals surface area (Å²) in [5.41, 5.74) is 2.62. The zero-order chi connectivity index (χ0) is 11.7. The summed E-state index contributed by atoms with van der Waals surface area (Å²) in [6.45, 7) is 6.38. The van der Waals surface area contributed by atoms with E-state index >= 15 is 0 Å². The van der Waals surface area contributed by atoms with E-state index in [4.69, 9.17) is 0 Å². The van der Waals surface area contributed by atoms with E-state index in [-0.39, 0.29) is 0 Å². The molecule has 92 valence electrons. The lowest BCUT2D eigenvalue weighted by Crippen LogP contribution is -2.54. The molecule has 0 saturated carbocycles. The lowest BCUT2D eigenvalue weighted by atomic mass is 10.2. The third-order valence-electron chi connectivity index (χ3n) is 3.58. The van der Waals surface area contributed by atoms with Crippen molar-refractivity contribution in [1.82, 2.24) is 16.0 Å². The zero-order valence-corrected chi connectivity index (χ0v) is 10.2. The van der Waals surface area contributed by atoms with Crippen molar-refractivity contribution >= 4 is 5.69 Å². The number of hydrogen-bond donors (Lipinski definition) is 3. The molecule has 1 aromatic rings. The van der Waals surface area contributed by atoms with E-state index in [2.05, 4.69) is 52.0 Å². The highest BCUT2D eigenvalue weighted by molar-refractivity contribution is 5.49. The van der Waals surface area contributed by atoms with Crippen LogP contribution in [-0.4, -0.2) is 38.5 Å². The quantitative estimate of drug-likeness (QED) is 0.683. The molecule has 1 atom stereocenters. The van der Waals surface area contributed by atoms with Gasteiger partial charge in [-0.3, -0.25) is 16.0 Å². The van der Waals surface area contributed by atoms with Gasteiger partial charge in [-0.25, -0.2) is 0 Å². The topological polar surface area (TPSA) is 39.3 Å². The van der Waals surface area contributed by atoms with Crippen LogP contribution in [0.3, 0.4) is 0 Å². The molecule has 0 aromatic heterocycles. The summed E-state index contributed by atoms with van der Waals surface area (Å²) in [4.78, 5) is 2.44. The molecule has 0 spiro atoms. The SMILES string of the molecule is Cc1ccc(N2CCNC2C2NCCN2)cc1. The van der Waals surface area contributed by atoms with Crippen molar-refractivity contribution in [1.29, 1.82) is 0 Å². The lowest BCUT2D eigenvalue weighted by Gasteiger charge is -2.30. The summed E-state index contributed by atoms with van der Waals surface area (Å²) in [7, 11) is 0. The molecule has 0 radical (unpaired) electrons. The Bertz CT molecular complexity index is 370. The van der Waals surface area contributed by atoms with Crippen molar-refractivity contribution in [3.8, 4) is 0 Å². The molecule has 0 bridgehead atoms. The molecule has 0 aliphatic carbocycles. The van der Waals surface area contributed by atoms with Crippen LogP contribution in [-0.2, 0) is 0 Å². The van der Waals surface area contributed by atoms with Crippen molar-refractivity contribution in [2.24, 2.45) is 0 Å². The van der Waals surface area contributed by atoms with Crippen LogP contribution in [0, 0.1) is 6.92 Å². The van der Waals surface area contributed by atoms with E-state index in [0.717, 1.165) is 26.2 Å². The van der Waals surface area contributed by atoms with Crippen LogP contribution in [0.5, 0.6) is 0 Å². The van der Waals surface area contributed by atoms with Crippen molar-refractivity contribution < 1.29 is 0 Å². The fraction of sp³-hybridized carbons (Fsp3) is 0.538. The van der Waals surface area contributed by atoms with Gasteiger partial charge < -0.3 is 4.90 Å². The maximum atomic E-state index is 3.56. The predicted molar refractivity (Wildman–Crippen MR) is 70.1 cm³/mol. The van der Waals surface area contributed by atoms with E-state index in [0.29, 0.717) is 12.3 Å². The Kier molecular flexibility index (Phi) is 3.01. The fourth-order valence-electron chi connectivity index (χ4n) is 2.66. The summed E-state index contributed by atoms with van der Waals surface area (Å²) >= 11 is 0. The highest BCUT2D eigenvalue weighted by atomic mass is 15.4. The molecule has 3 N–H and O–H groups in total. The van der Waals surface area contributed by atoms with Crippen LogP contribution in [0.15, 0.2) is 24.3 Å². The van der Waals surface area contributed by atoms with E-state index in [1.807, 2.05) is 0 Å². The minimum Gasteiger partial charge on any atom is -0.352 e. The molecule has 2 aliphatic heterocycles. The van der Waals surface area contributed by atoms with Gasteiger partial charge in [0.15, 0.2) is 0 Å². The average Bonchev–Trinajstić information content (AvgIpc) is 3.00. The second kappa shape index (κ2) is 4.64.